The summed E-state index contributed by atoms with van der Waals surface area (Å²) in [6, 6.07) is 14.5. The van der Waals surface area contributed by atoms with Crippen molar-refractivity contribution in [2.75, 3.05) is 6.61 Å². The van der Waals surface area contributed by atoms with Crippen LogP contribution in [-0.4, -0.2) is 22.1 Å². The number of rotatable bonds is 6. The van der Waals surface area contributed by atoms with Crippen LogP contribution in [0.4, 0.5) is 0 Å². The lowest BCUT2D eigenvalue weighted by molar-refractivity contribution is 0.0490. The second kappa shape index (κ2) is 8.00. The van der Waals surface area contributed by atoms with Crippen molar-refractivity contribution in [2.45, 2.75) is 13.0 Å². The van der Waals surface area contributed by atoms with Gasteiger partial charge in [-0.2, -0.15) is 0 Å². The van der Waals surface area contributed by atoms with Gasteiger partial charge >= 0.3 is 11.7 Å². The SMILES string of the molecule is O=C(OCCCn1c(=O)oc2ccccc21)c1csc(-c2ccc(Cl)cc2)n1. The fourth-order valence-corrected chi connectivity index (χ4v) is 3.70. The molecule has 0 aliphatic carbocycles. The van der Waals surface area contributed by atoms with Crippen molar-refractivity contribution in [3.63, 3.8) is 0 Å². The molecule has 8 heteroatoms. The van der Waals surface area contributed by atoms with E-state index in [1.54, 1.807) is 23.6 Å². The van der Waals surface area contributed by atoms with E-state index < -0.39 is 11.7 Å². The molecule has 0 unspecified atom stereocenters. The molecule has 28 heavy (non-hydrogen) atoms. The van der Waals surface area contributed by atoms with Crippen LogP contribution in [0.15, 0.2) is 63.1 Å². The number of fused-ring (bicyclic) bond motifs is 1. The van der Waals surface area contributed by atoms with E-state index in [0.717, 1.165) is 16.1 Å². The van der Waals surface area contributed by atoms with Crippen molar-refractivity contribution >= 4 is 40.0 Å². The Morgan fingerprint density at radius 1 is 1.18 bits per heavy atom. The first-order valence-corrected chi connectivity index (χ1v) is 9.84. The molecular weight excluding hydrogens is 400 g/mol. The maximum Gasteiger partial charge on any atom is 0.419 e. The number of aryl methyl sites for hydroxylation is 1. The molecule has 0 radical (unpaired) electrons. The highest BCUT2D eigenvalue weighted by Crippen LogP contribution is 2.25. The van der Waals surface area contributed by atoms with Gasteiger partial charge in [-0.1, -0.05) is 35.9 Å². The molecule has 2 heterocycles. The fourth-order valence-electron chi connectivity index (χ4n) is 2.78. The predicted molar refractivity (Wildman–Crippen MR) is 108 cm³/mol. The van der Waals surface area contributed by atoms with Crippen molar-refractivity contribution < 1.29 is 13.9 Å². The normalized spacial score (nSPS) is 11.0. The number of nitrogens with zero attached hydrogens (tertiary/aromatic N) is 2. The molecule has 2 aromatic heterocycles. The summed E-state index contributed by atoms with van der Waals surface area (Å²) in [7, 11) is 0. The molecule has 0 saturated carbocycles. The number of thiazole rings is 1. The largest absolute Gasteiger partial charge is 0.461 e. The summed E-state index contributed by atoms with van der Waals surface area (Å²) < 4.78 is 12.0. The Labute approximate surface area is 169 Å². The van der Waals surface area contributed by atoms with Gasteiger partial charge < -0.3 is 9.15 Å². The maximum atomic E-state index is 12.2. The van der Waals surface area contributed by atoms with E-state index in [4.69, 9.17) is 20.8 Å². The van der Waals surface area contributed by atoms with Gasteiger partial charge in [0, 0.05) is 22.5 Å². The highest BCUT2D eigenvalue weighted by Gasteiger charge is 2.14. The number of halogens is 1. The Morgan fingerprint density at radius 2 is 1.96 bits per heavy atom. The van der Waals surface area contributed by atoms with Crippen LogP contribution >= 0.6 is 22.9 Å². The van der Waals surface area contributed by atoms with Gasteiger partial charge in [0.25, 0.3) is 0 Å². The van der Waals surface area contributed by atoms with E-state index in [0.29, 0.717) is 23.6 Å². The highest BCUT2D eigenvalue weighted by molar-refractivity contribution is 7.13. The first kappa shape index (κ1) is 18.5. The van der Waals surface area contributed by atoms with Crippen molar-refractivity contribution in [1.82, 2.24) is 9.55 Å². The van der Waals surface area contributed by atoms with Gasteiger partial charge in [0.2, 0.25) is 0 Å². The third-order valence-electron chi connectivity index (χ3n) is 4.14. The van der Waals surface area contributed by atoms with Crippen LogP contribution in [0, 0.1) is 0 Å². The zero-order valence-electron chi connectivity index (χ0n) is 14.6. The van der Waals surface area contributed by atoms with E-state index in [1.807, 2.05) is 30.3 Å². The van der Waals surface area contributed by atoms with Gasteiger partial charge in [-0.25, -0.2) is 14.6 Å². The molecule has 4 aromatic rings. The summed E-state index contributed by atoms with van der Waals surface area (Å²) in [5, 5.41) is 3.03. The molecule has 0 saturated heterocycles. The quantitative estimate of drug-likeness (QED) is 0.340. The summed E-state index contributed by atoms with van der Waals surface area (Å²) >= 11 is 7.25. The van der Waals surface area contributed by atoms with Crippen molar-refractivity contribution in [1.29, 1.82) is 0 Å². The fraction of sp³-hybridized carbons (Fsp3) is 0.150. The maximum absolute atomic E-state index is 12.2. The second-order valence-corrected chi connectivity index (χ2v) is 7.32. The van der Waals surface area contributed by atoms with Gasteiger partial charge in [-0.3, -0.25) is 4.57 Å². The molecule has 0 spiro atoms. The van der Waals surface area contributed by atoms with E-state index in [-0.39, 0.29) is 12.3 Å². The lowest BCUT2D eigenvalue weighted by Crippen LogP contribution is -2.16. The molecule has 2 aromatic carbocycles. The molecular formula is C20H15ClN2O4S. The molecule has 0 fully saturated rings. The molecule has 6 nitrogen and oxygen atoms in total. The second-order valence-electron chi connectivity index (χ2n) is 6.02. The van der Waals surface area contributed by atoms with Gasteiger partial charge in [0.05, 0.1) is 12.1 Å². The van der Waals surface area contributed by atoms with Crippen molar-refractivity contribution in [3.05, 3.63) is 75.2 Å². The van der Waals surface area contributed by atoms with Crippen LogP contribution in [0.5, 0.6) is 0 Å². The van der Waals surface area contributed by atoms with Crippen LogP contribution in [0.1, 0.15) is 16.9 Å². The molecule has 4 rings (SSSR count). The summed E-state index contributed by atoms with van der Waals surface area (Å²) in [5.41, 5.74) is 2.42. The summed E-state index contributed by atoms with van der Waals surface area (Å²) in [6.07, 6.45) is 0.489. The number of aromatic nitrogens is 2. The minimum Gasteiger partial charge on any atom is -0.461 e. The Hall–Kier alpha value is -2.90. The zero-order valence-corrected chi connectivity index (χ0v) is 16.2. The van der Waals surface area contributed by atoms with Crippen LogP contribution < -0.4 is 5.76 Å². The first-order valence-electron chi connectivity index (χ1n) is 8.59. The molecule has 0 aliphatic heterocycles. The lowest BCUT2D eigenvalue weighted by Gasteiger charge is -2.04. The molecule has 0 N–H and O–H groups in total. The number of oxazole rings is 1. The zero-order chi connectivity index (χ0) is 19.5. The summed E-state index contributed by atoms with van der Waals surface area (Å²) in [4.78, 5) is 28.4. The molecule has 142 valence electrons. The van der Waals surface area contributed by atoms with Gasteiger partial charge in [0.15, 0.2) is 11.3 Å². The minimum atomic E-state index is -0.485. The standard InChI is InChI=1S/C20H15ClN2O4S/c21-14-8-6-13(7-9-14)18-22-15(12-28-18)19(24)26-11-3-10-23-16-4-1-2-5-17(16)27-20(23)25/h1-2,4-9,12H,3,10-11H2. The van der Waals surface area contributed by atoms with Crippen LogP contribution in [0.25, 0.3) is 21.7 Å². The van der Waals surface area contributed by atoms with E-state index in [2.05, 4.69) is 4.98 Å². The number of hydrogen-bond donors (Lipinski definition) is 0. The first-order chi connectivity index (χ1) is 13.6. The Balaban J connectivity index is 1.34. The number of ether oxygens (including phenoxy) is 1. The number of carbonyl (C=O) groups excluding carboxylic acids is 1. The summed E-state index contributed by atoms with van der Waals surface area (Å²) in [6.45, 7) is 0.578. The van der Waals surface area contributed by atoms with E-state index in [1.165, 1.54) is 15.9 Å². The number of carbonyl (C=O) groups is 1. The van der Waals surface area contributed by atoms with Gasteiger partial charge in [-0.05, 0) is 30.7 Å². The van der Waals surface area contributed by atoms with Crippen LogP contribution in [-0.2, 0) is 11.3 Å². The lowest BCUT2D eigenvalue weighted by atomic mass is 10.2. The average Bonchev–Trinajstić information content (AvgIpc) is 3.30. The van der Waals surface area contributed by atoms with Crippen molar-refractivity contribution in [2.24, 2.45) is 0 Å². The third kappa shape index (κ3) is 3.85. The van der Waals surface area contributed by atoms with Gasteiger partial charge in [-0.15, -0.1) is 11.3 Å². The van der Waals surface area contributed by atoms with Crippen LogP contribution in [0.2, 0.25) is 5.02 Å². The molecule has 0 bridgehead atoms. The number of benzene rings is 2. The molecule has 0 amide bonds. The Morgan fingerprint density at radius 3 is 2.79 bits per heavy atom. The Bertz CT molecular complexity index is 1180. The summed E-state index contributed by atoms with van der Waals surface area (Å²) in [5.74, 6) is -0.902. The molecule has 0 atom stereocenters. The smallest absolute Gasteiger partial charge is 0.419 e. The topological polar surface area (TPSA) is 74.3 Å². The molecule has 0 aliphatic rings. The van der Waals surface area contributed by atoms with E-state index in [9.17, 15) is 9.59 Å². The van der Waals surface area contributed by atoms with E-state index >= 15 is 0 Å². The van der Waals surface area contributed by atoms with Crippen molar-refractivity contribution in [3.8, 4) is 10.6 Å². The van der Waals surface area contributed by atoms with Gasteiger partial charge in [0.1, 0.15) is 5.01 Å². The monoisotopic (exact) mass is 414 g/mol. The third-order valence-corrected chi connectivity index (χ3v) is 5.28. The average molecular weight is 415 g/mol. The Kier molecular flexibility index (Phi) is 5.27. The number of hydrogen-bond acceptors (Lipinski definition) is 6. The van der Waals surface area contributed by atoms with Crippen LogP contribution in [0.3, 0.4) is 0 Å². The number of para-hydroxylation sites is 2. The number of esters is 1. The highest BCUT2D eigenvalue weighted by atomic mass is 35.5. The predicted octanol–water partition coefficient (Wildman–Crippen LogP) is 4.62. The minimum absolute atomic E-state index is 0.179.